The molecule has 2 aliphatic rings. The second-order valence-corrected chi connectivity index (χ2v) is 22.4. The maximum absolute atomic E-state index is 7.20. The van der Waals surface area contributed by atoms with E-state index in [1.807, 2.05) is 0 Å². The first-order valence-electron chi connectivity index (χ1n) is 21.6. The third-order valence-electron chi connectivity index (χ3n) is 12.5. The highest BCUT2D eigenvalue weighted by molar-refractivity contribution is 6.99. The Morgan fingerprint density at radius 2 is 0.932 bits per heavy atom. The molecule has 304 valence electrons. The van der Waals surface area contributed by atoms with Crippen molar-refractivity contribution in [1.29, 1.82) is 0 Å². The lowest BCUT2D eigenvalue weighted by Crippen LogP contribution is -2.62. The number of aryl methyl sites for hydroxylation is 1. The Morgan fingerprint density at radius 3 is 1.44 bits per heavy atom. The number of hydrogen-bond donors (Lipinski definition) is 0. The van der Waals surface area contributed by atoms with Crippen molar-refractivity contribution in [2.45, 2.75) is 138 Å². The summed E-state index contributed by atoms with van der Waals surface area (Å²) < 4.78 is 7.20. The zero-order valence-corrected chi connectivity index (χ0v) is 38.6. The summed E-state index contributed by atoms with van der Waals surface area (Å²) in [7, 11) is 0. The molecular weight excluding hydrogens is 717 g/mol. The Morgan fingerprint density at radius 1 is 0.458 bits per heavy atom. The van der Waals surface area contributed by atoms with Gasteiger partial charge < -0.3 is 9.32 Å². The summed E-state index contributed by atoms with van der Waals surface area (Å²) in [5, 5.41) is 0. The number of fused-ring (bicyclic) bond motifs is 4. The van der Waals surface area contributed by atoms with Gasteiger partial charge in [-0.05, 0) is 133 Å². The molecule has 0 radical (unpaired) electrons. The van der Waals surface area contributed by atoms with Crippen molar-refractivity contribution in [3.05, 3.63) is 130 Å². The average molecular weight is 782 g/mol. The molecule has 0 atom stereocenters. The predicted molar refractivity (Wildman–Crippen MR) is 254 cm³/mol. The Kier molecular flexibility index (Phi) is 9.32. The molecule has 0 saturated heterocycles. The van der Waals surface area contributed by atoms with Gasteiger partial charge in [0.05, 0.1) is 5.59 Å². The van der Waals surface area contributed by atoms with Crippen LogP contribution in [0.1, 0.15) is 137 Å². The normalized spacial score (nSPS) is 14.3. The molecule has 8 rings (SSSR count). The van der Waals surface area contributed by atoms with Crippen LogP contribution < -0.4 is 26.3 Å². The number of anilines is 6. The fraction of sp³-hybridized carbons (Fsp3) is 0.389. The molecule has 5 aromatic carbocycles. The minimum absolute atomic E-state index is 0.0411. The van der Waals surface area contributed by atoms with E-state index in [2.05, 4.69) is 218 Å². The summed E-state index contributed by atoms with van der Waals surface area (Å²) in [6.45, 7) is 36.5. The zero-order valence-electron chi connectivity index (χ0n) is 38.6. The zero-order chi connectivity index (χ0) is 42.8. The molecule has 4 nitrogen and oxygen atoms in total. The van der Waals surface area contributed by atoms with E-state index in [1.54, 1.807) is 0 Å². The molecule has 0 unspecified atom stereocenters. The SMILES string of the molecule is Cc1cc2c3c(c1)N(c1cc(C(C)(C)C)cc(C(C)(C)C)c1)c1oc(-c4ccc(C(C)(C)C)cc4)nc1B3c1cc(C(C)(C)C)ccc1N2c1ccc(C(C)(C)C)cc1. The van der Waals surface area contributed by atoms with E-state index in [1.165, 1.54) is 55.7 Å². The summed E-state index contributed by atoms with van der Waals surface area (Å²) in [5.41, 5.74) is 17.8. The van der Waals surface area contributed by atoms with Crippen LogP contribution in [-0.2, 0) is 27.1 Å². The summed E-state index contributed by atoms with van der Waals surface area (Å²) in [6, 6.07) is 37.1. The maximum Gasteiger partial charge on any atom is 0.279 e. The molecule has 0 bridgehead atoms. The van der Waals surface area contributed by atoms with Crippen molar-refractivity contribution >= 4 is 57.6 Å². The molecule has 1 aromatic heterocycles. The molecule has 3 heterocycles. The second-order valence-electron chi connectivity index (χ2n) is 22.4. The number of aromatic nitrogens is 1. The van der Waals surface area contributed by atoms with Gasteiger partial charge in [-0.3, -0.25) is 4.90 Å². The van der Waals surface area contributed by atoms with E-state index < -0.39 is 0 Å². The number of oxazole rings is 1. The lowest BCUT2D eigenvalue weighted by molar-refractivity contribution is 0.566. The highest BCUT2D eigenvalue weighted by Gasteiger charge is 2.47. The molecule has 0 saturated carbocycles. The van der Waals surface area contributed by atoms with Gasteiger partial charge >= 0.3 is 0 Å². The van der Waals surface area contributed by atoms with Gasteiger partial charge in [-0.1, -0.05) is 146 Å². The van der Waals surface area contributed by atoms with Crippen LogP contribution in [-0.4, -0.2) is 11.7 Å². The first kappa shape index (κ1) is 40.7. The summed E-state index contributed by atoms with van der Waals surface area (Å²) in [5.74, 6) is 1.43. The maximum atomic E-state index is 7.20. The number of nitrogens with zero attached hydrogens (tertiary/aromatic N) is 3. The largest absolute Gasteiger partial charge is 0.420 e. The Bertz CT molecular complexity index is 2540. The summed E-state index contributed by atoms with van der Waals surface area (Å²) >= 11 is 0. The van der Waals surface area contributed by atoms with Gasteiger partial charge in [0, 0.05) is 34.0 Å². The summed E-state index contributed by atoms with van der Waals surface area (Å²) in [4.78, 5) is 10.5. The molecule has 6 aromatic rings. The first-order valence-corrected chi connectivity index (χ1v) is 21.6. The molecule has 59 heavy (non-hydrogen) atoms. The van der Waals surface area contributed by atoms with Gasteiger partial charge in [-0.2, -0.15) is 0 Å². The lowest BCUT2D eigenvalue weighted by atomic mass is 9.35. The Balaban J connectivity index is 1.47. The van der Waals surface area contributed by atoms with Crippen LogP contribution in [0.15, 0.2) is 101 Å². The Labute approximate surface area is 355 Å². The molecule has 2 aliphatic heterocycles. The minimum Gasteiger partial charge on any atom is -0.420 e. The monoisotopic (exact) mass is 782 g/mol. The van der Waals surface area contributed by atoms with Gasteiger partial charge in [0.1, 0.15) is 0 Å². The standard InChI is InChI=1S/C54H64BN3O/c1-33-27-44-46-45(28-33)58(41-30-38(53(11,12)13)29-39(31-41)54(14,15)16)49-47(56-48(59-49)34-17-19-35(20-18-34)50(2,3)4)55(46)42-32-37(52(8,9)10)23-26-43(42)57(44)40-24-21-36(22-25-40)51(5,6)7/h17-32H,1-16H3. The smallest absolute Gasteiger partial charge is 0.279 e. The van der Waals surface area contributed by atoms with E-state index in [9.17, 15) is 0 Å². The van der Waals surface area contributed by atoms with E-state index >= 15 is 0 Å². The predicted octanol–water partition coefficient (Wildman–Crippen LogP) is 13.2. The van der Waals surface area contributed by atoms with Crippen molar-refractivity contribution in [2.75, 3.05) is 9.80 Å². The molecule has 0 spiro atoms. The molecule has 5 heteroatoms. The van der Waals surface area contributed by atoms with Gasteiger partial charge in [-0.15, -0.1) is 0 Å². The van der Waals surface area contributed by atoms with E-state index in [4.69, 9.17) is 9.40 Å². The third kappa shape index (κ3) is 7.23. The molecule has 0 aliphatic carbocycles. The molecule has 0 N–H and O–H groups in total. The van der Waals surface area contributed by atoms with Gasteiger partial charge in [0.2, 0.25) is 11.8 Å². The first-order chi connectivity index (χ1) is 27.3. The quantitative estimate of drug-likeness (QED) is 0.167. The minimum atomic E-state index is -0.145. The van der Waals surface area contributed by atoms with Crippen molar-refractivity contribution in [3.63, 3.8) is 0 Å². The number of rotatable bonds is 3. The highest BCUT2D eigenvalue weighted by Crippen LogP contribution is 2.47. The molecular formula is C54H64BN3O. The van der Waals surface area contributed by atoms with E-state index in [0.717, 1.165) is 34.1 Å². The van der Waals surface area contributed by atoms with Gasteiger partial charge in [0.25, 0.3) is 6.71 Å². The molecule has 0 fully saturated rings. The second kappa shape index (κ2) is 13.5. The van der Waals surface area contributed by atoms with Crippen LogP contribution in [0.4, 0.5) is 34.3 Å². The Hall–Kier alpha value is -5.03. The van der Waals surface area contributed by atoms with Crippen molar-refractivity contribution in [1.82, 2.24) is 4.98 Å². The van der Waals surface area contributed by atoms with Crippen molar-refractivity contribution < 1.29 is 4.42 Å². The third-order valence-corrected chi connectivity index (χ3v) is 12.5. The summed E-state index contributed by atoms with van der Waals surface area (Å²) in [6.07, 6.45) is 0. The van der Waals surface area contributed by atoms with Crippen LogP contribution in [0.2, 0.25) is 0 Å². The van der Waals surface area contributed by atoms with Crippen LogP contribution in [0, 0.1) is 6.92 Å². The highest BCUT2D eigenvalue weighted by atomic mass is 16.4. The van der Waals surface area contributed by atoms with E-state index in [0.29, 0.717) is 5.89 Å². The average Bonchev–Trinajstić information content (AvgIpc) is 3.57. The number of benzene rings is 5. The van der Waals surface area contributed by atoms with Gasteiger partial charge in [0.15, 0.2) is 0 Å². The van der Waals surface area contributed by atoms with Crippen LogP contribution in [0.5, 0.6) is 0 Å². The van der Waals surface area contributed by atoms with Crippen LogP contribution >= 0.6 is 0 Å². The van der Waals surface area contributed by atoms with Crippen molar-refractivity contribution in [3.8, 4) is 11.5 Å². The number of hydrogen-bond acceptors (Lipinski definition) is 4. The van der Waals surface area contributed by atoms with Crippen LogP contribution in [0.25, 0.3) is 11.5 Å². The van der Waals surface area contributed by atoms with Crippen molar-refractivity contribution in [2.24, 2.45) is 0 Å². The van der Waals surface area contributed by atoms with Gasteiger partial charge in [-0.25, -0.2) is 4.98 Å². The lowest BCUT2D eigenvalue weighted by Gasteiger charge is -2.43. The fourth-order valence-corrected chi connectivity index (χ4v) is 8.72. The fourth-order valence-electron chi connectivity index (χ4n) is 8.72. The van der Waals surface area contributed by atoms with E-state index in [-0.39, 0.29) is 33.8 Å². The molecule has 0 amide bonds. The topological polar surface area (TPSA) is 32.5 Å². The van der Waals surface area contributed by atoms with Crippen LogP contribution in [0.3, 0.4) is 0 Å².